The molecule has 3 aromatic carbocycles. The van der Waals surface area contributed by atoms with Gasteiger partial charge in [-0.05, 0) is 78.3 Å². The van der Waals surface area contributed by atoms with Crippen molar-refractivity contribution in [1.82, 2.24) is 40.4 Å². The number of H-pyrrole nitrogens is 2. The molecule has 16 heteroatoms. The average molecular weight is 897 g/mol. The molecule has 16 nitrogen and oxygen atoms in total. The van der Waals surface area contributed by atoms with Crippen molar-refractivity contribution in [1.29, 1.82) is 0 Å². The lowest BCUT2D eigenvalue weighted by Crippen LogP contribution is -2.51. The lowest BCUT2D eigenvalue weighted by Gasteiger charge is -2.29. The quantitative estimate of drug-likeness (QED) is 0.0975. The van der Waals surface area contributed by atoms with Crippen LogP contribution in [0.2, 0.25) is 0 Å². The summed E-state index contributed by atoms with van der Waals surface area (Å²) in [5.74, 6) is -0.286. The number of carbonyl (C=O) groups is 4. The van der Waals surface area contributed by atoms with E-state index in [0.29, 0.717) is 44.0 Å². The minimum absolute atomic E-state index is 0.123. The lowest BCUT2D eigenvalue weighted by atomic mass is 9.89. The number of alkyl carbamates (subject to hydrolysis) is 2. The molecule has 4 N–H and O–H groups in total. The number of methoxy groups -OCH3 is 2. The maximum Gasteiger partial charge on any atom is 0.407 e. The number of likely N-dealkylation sites (tertiary alicyclic amines) is 2. The van der Waals surface area contributed by atoms with Crippen LogP contribution in [0.25, 0.3) is 44.2 Å². The number of rotatable bonds is 11. The second kappa shape index (κ2) is 18.2. The summed E-state index contributed by atoms with van der Waals surface area (Å²) in [5, 5.41) is 7.49. The van der Waals surface area contributed by atoms with E-state index >= 15 is 0 Å². The van der Waals surface area contributed by atoms with Gasteiger partial charge >= 0.3 is 12.2 Å². The van der Waals surface area contributed by atoms with E-state index in [1.54, 1.807) is 17.1 Å². The molecule has 3 fully saturated rings. The van der Waals surface area contributed by atoms with Crippen molar-refractivity contribution >= 4 is 45.8 Å². The molecule has 0 saturated carbocycles. The van der Waals surface area contributed by atoms with E-state index in [4.69, 9.17) is 28.9 Å². The highest BCUT2D eigenvalue weighted by Gasteiger charge is 2.53. The Morgan fingerprint density at radius 1 is 0.879 bits per heavy atom. The van der Waals surface area contributed by atoms with Gasteiger partial charge in [-0.3, -0.25) is 9.59 Å². The van der Waals surface area contributed by atoms with Gasteiger partial charge in [0.15, 0.2) is 5.79 Å². The van der Waals surface area contributed by atoms with Gasteiger partial charge in [-0.1, -0.05) is 81.1 Å². The summed E-state index contributed by atoms with van der Waals surface area (Å²) >= 11 is 0. The summed E-state index contributed by atoms with van der Waals surface area (Å²) in [6.07, 6.45) is 9.22. The largest absolute Gasteiger partial charge is 0.453 e. The van der Waals surface area contributed by atoms with Crippen LogP contribution in [-0.4, -0.2) is 112 Å². The van der Waals surface area contributed by atoms with Crippen molar-refractivity contribution in [3.05, 3.63) is 108 Å². The highest BCUT2D eigenvalue weighted by atomic mass is 16.7. The van der Waals surface area contributed by atoms with Crippen LogP contribution < -0.4 is 10.6 Å². The van der Waals surface area contributed by atoms with E-state index in [1.165, 1.54) is 19.8 Å². The lowest BCUT2D eigenvalue weighted by molar-refractivity contribution is -0.152. The number of nitrogens with zero attached hydrogens (tertiary/aromatic N) is 4. The fourth-order valence-corrected chi connectivity index (χ4v) is 9.89. The van der Waals surface area contributed by atoms with Gasteiger partial charge in [0.1, 0.15) is 23.7 Å². The van der Waals surface area contributed by atoms with Gasteiger partial charge in [-0.2, -0.15) is 0 Å². The van der Waals surface area contributed by atoms with E-state index in [9.17, 15) is 19.2 Å². The smallest absolute Gasteiger partial charge is 0.407 e. The molecule has 3 saturated heterocycles. The molecule has 3 aliphatic heterocycles. The SMILES string of the molecule is C=C(/C=C\C=C/C)[C@@H](NC(=O)OC)C(=O)N1CC2(CC1c1nc3c([nH]1)-c1ccc(-c4ccc5c(ccc6nc([C@@H]7CCCN7C(=O)[C@@H](NC(=O)OC)C(C)C)[nH]c65)c4)cc1CC3)OCCO2. The van der Waals surface area contributed by atoms with Gasteiger partial charge in [0.25, 0.3) is 5.91 Å². The predicted molar refractivity (Wildman–Crippen MR) is 248 cm³/mol. The summed E-state index contributed by atoms with van der Waals surface area (Å²) in [4.78, 5) is 73.6. The minimum Gasteiger partial charge on any atom is -0.453 e. The van der Waals surface area contributed by atoms with Gasteiger partial charge in [0.2, 0.25) is 5.91 Å². The summed E-state index contributed by atoms with van der Waals surface area (Å²) < 4.78 is 22.0. The highest BCUT2D eigenvalue weighted by Crippen LogP contribution is 2.45. The Morgan fingerprint density at radius 2 is 1.62 bits per heavy atom. The third-order valence-electron chi connectivity index (χ3n) is 13.3. The molecule has 2 aromatic heterocycles. The average Bonchev–Trinajstić information content (AvgIpc) is 4.19. The van der Waals surface area contributed by atoms with Crippen molar-refractivity contribution < 1.29 is 38.1 Å². The number of allylic oxidation sites excluding steroid dienone is 3. The standard InChI is InChI=1S/C50H56N8O8/c1-7-8-9-11-29(4)41(56-49(62)64-6)47(60)58-27-50(65-22-23-66-50)26-39(58)45-52-37-20-16-33-25-31(14-18-35(33)43(37)54-45)30-13-17-34-32(24-30)15-19-36-42(34)53-44(51-36)38-12-10-21-57(38)46(59)40(28(2)3)55-48(61)63-5/h7-9,11,13-15,17-19,24-25,28,38-41H,4,10,12,16,20-23,26-27H2,1-3,5-6H3,(H,51,53)(H,52,54)(H,55,61)(H,56,62)/b8-7-,11-9-/t38-,39?,40-,41+/m0/s1. The van der Waals surface area contributed by atoms with Crippen LogP contribution in [-0.2, 0) is 41.4 Å². The molecule has 66 heavy (non-hydrogen) atoms. The first-order valence-electron chi connectivity index (χ1n) is 22.6. The van der Waals surface area contributed by atoms with E-state index in [2.05, 4.69) is 69.6 Å². The number of nitrogens with one attached hydrogen (secondary N) is 4. The highest BCUT2D eigenvalue weighted by molar-refractivity contribution is 6.05. The predicted octanol–water partition coefficient (Wildman–Crippen LogP) is 7.35. The summed E-state index contributed by atoms with van der Waals surface area (Å²) in [6, 6.07) is 14.5. The number of aromatic nitrogens is 4. The van der Waals surface area contributed by atoms with Gasteiger partial charge in [-0.15, -0.1) is 0 Å². The Bertz CT molecular complexity index is 2780. The molecule has 4 aliphatic rings. The first-order chi connectivity index (χ1) is 31.9. The third-order valence-corrected chi connectivity index (χ3v) is 13.3. The third kappa shape index (κ3) is 8.34. The van der Waals surface area contributed by atoms with Crippen LogP contribution in [0.15, 0.2) is 85.0 Å². The maximum absolute atomic E-state index is 14.5. The van der Waals surface area contributed by atoms with Crippen molar-refractivity contribution in [2.24, 2.45) is 5.92 Å². The van der Waals surface area contributed by atoms with Gasteiger partial charge in [-0.25, -0.2) is 19.6 Å². The van der Waals surface area contributed by atoms with E-state index in [0.717, 1.165) is 75.0 Å². The zero-order valence-electron chi connectivity index (χ0n) is 37.9. The molecule has 5 heterocycles. The number of aryl methyl sites for hydroxylation is 2. The molecule has 5 aromatic rings. The summed E-state index contributed by atoms with van der Waals surface area (Å²) in [5.41, 5.74) is 8.37. The Kier molecular flexibility index (Phi) is 12.3. The van der Waals surface area contributed by atoms with Crippen LogP contribution in [0.3, 0.4) is 0 Å². The minimum atomic E-state index is -1.10. The van der Waals surface area contributed by atoms with Gasteiger partial charge < -0.3 is 49.3 Å². The zero-order chi connectivity index (χ0) is 46.3. The molecule has 1 spiro atoms. The monoisotopic (exact) mass is 896 g/mol. The van der Waals surface area contributed by atoms with Crippen LogP contribution in [0.5, 0.6) is 0 Å². The van der Waals surface area contributed by atoms with Crippen molar-refractivity contribution in [3.8, 4) is 22.4 Å². The van der Waals surface area contributed by atoms with Crippen molar-refractivity contribution in [2.45, 2.75) is 82.8 Å². The number of ether oxygens (including phenoxy) is 4. The number of amides is 4. The number of fused-ring (bicyclic) bond motifs is 6. The molecule has 1 aliphatic carbocycles. The second-order valence-electron chi connectivity index (χ2n) is 17.7. The second-order valence-corrected chi connectivity index (χ2v) is 17.7. The van der Waals surface area contributed by atoms with Gasteiger partial charge in [0.05, 0.1) is 68.5 Å². The van der Waals surface area contributed by atoms with E-state index in [1.807, 2.05) is 43.9 Å². The fraction of sp³-hybridized carbons (Fsp3) is 0.400. The Hall–Kier alpha value is -6.78. The first-order valence-corrected chi connectivity index (χ1v) is 22.6. The molecule has 4 atom stereocenters. The molecule has 0 radical (unpaired) electrons. The number of hydrogen-bond acceptors (Lipinski definition) is 10. The Morgan fingerprint density at radius 3 is 2.38 bits per heavy atom. The normalized spacial score (nSPS) is 19.8. The molecular weight excluding hydrogens is 841 g/mol. The maximum atomic E-state index is 14.5. The molecule has 0 bridgehead atoms. The van der Waals surface area contributed by atoms with Crippen LogP contribution in [0, 0.1) is 5.92 Å². The number of carbonyl (C=O) groups excluding carboxylic acids is 4. The number of hydrogen-bond donors (Lipinski definition) is 4. The van der Waals surface area contributed by atoms with Crippen LogP contribution in [0.1, 0.15) is 75.0 Å². The van der Waals surface area contributed by atoms with E-state index < -0.39 is 36.1 Å². The van der Waals surface area contributed by atoms with Crippen molar-refractivity contribution in [2.75, 3.05) is 40.5 Å². The Balaban J connectivity index is 0.970. The molecule has 9 rings (SSSR count). The number of imidazole rings is 2. The van der Waals surface area contributed by atoms with E-state index in [-0.39, 0.29) is 30.3 Å². The molecule has 344 valence electrons. The van der Waals surface area contributed by atoms with Crippen LogP contribution in [0.4, 0.5) is 9.59 Å². The molecule has 4 amide bonds. The number of benzene rings is 3. The molecular formula is C50H56N8O8. The summed E-state index contributed by atoms with van der Waals surface area (Å²) in [6.45, 7) is 11.4. The topological polar surface area (TPSA) is 193 Å². The Labute approximate surface area is 382 Å². The summed E-state index contributed by atoms with van der Waals surface area (Å²) in [7, 11) is 2.55. The van der Waals surface area contributed by atoms with Gasteiger partial charge in [0, 0.05) is 23.9 Å². The fourth-order valence-electron chi connectivity index (χ4n) is 9.89. The molecule has 1 unspecified atom stereocenters. The van der Waals surface area contributed by atoms with Crippen LogP contribution >= 0.6 is 0 Å². The zero-order valence-corrected chi connectivity index (χ0v) is 37.9. The van der Waals surface area contributed by atoms with Crippen molar-refractivity contribution in [3.63, 3.8) is 0 Å². The number of aromatic amines is 2. The first kappa shape index (κ1) is 44.4.